The fourth-order valence-electron chi connectivity index (χ4n) is 3.76. The van der Waals surface area contributed by atoms with Gasteiger partial charge in [0.2, 0.25) is 0 Å². The molecule has 1 heterocycles. The molecule has 5 heteroatoms. The fraction of sp³-hybridized carbons (Fsp3) is 1.00. The average molecular weight is 288 g/mol. The molecule has 4 nitrogen and oxygen atoms in total. The van der Waals surface area contributed by atoms with Crippen LogP contribution in [0.25, 0.3) is 0 Å². The summed E-state index contributed by atoms with van der Waals surface area (Å²) in [4.78, 5) is 2.58. The minimum Gasteiger partial charge on any atom is -0.317 e. The third-order valence-electron chi connectivity index (χ3n) is 4.82. The van der Waals surface area contributed by atoms with Gasteiger partial charge in [-0.15, -0.1) is 0 Å². The van der Waals surface area contributed by atoms with Crippen LogP contribution in [-0.4, -0.2) is 56.5 Å². The second-order valence-electron chi connectivity index (χ2n) is 6.08. The Morgan fingerprint density at radius 2 is 1.79 bits per heavy atom. The lowest BCUT2D eigenvalue weighted by molar-refractivity contribution is 0.0917. The van der Waals surface area contributed by atoms with Gasteiger partial charge in [0.1, 0.15) is 9.84 Å². The Hall–Kier alpha value is -0.130. The van der Waals surface area contributed by atoms with Crippen LogP contribution in [0.2, 0.25) is 0 Å². The first kappa shape index (κ1) is 15.3. The van der Waals surface area contributed by atoms with Crippen LogP contribution in [0, 0.1) is 0 Å². The summed E-state index contributed by atoms with van der Waals surface area (Å²) in [6, 6.07) is 1.12. The van der Waals surface area contributed by atoms with Gasteiger partial charge in [0.25, 0.3) is 0 Å². The molecule has 2 aliphatic rings. The smallest absolute Gasteiger partial charge is 0.150 e. The molecule has 1 aliphatic heterocycles. The summed E-state index contributed by atoms with van der Waals surface area (Å²) >= 11 is 0. The molecular formula is C14H28N2O2S. The van der Waals surface area contributed by atoms with Gasteiger partial charge in [0.15, 0.2) is 0 Å². The van der Waals surface area contributed by atoms with Crippen molar-refractivity contribution in [3.8, 4) is 0 Å². The van der Waals surface area contributed by atoms with Gasteiger partial charge < -0.3 is 5.32 Å². The lowest BCUT2D eigenvalue weighted by Crippen LogP contribution is -2.50. The van der Waals surface area contributed by atoms with E-state index in [2.05, 4.69) is 17.1 Å². The third-order valence-corrected chi connectivity index (χ3v) is 6.45. The monoisotopic (exact) mass is 288 g/mol. The molecule has 19 heavy (non-hydrogen) atoms. The molecular weight excluding hydrogens is 260 g/mol. The second kappa shape index (κ2) is 6.55. The minimum absolute atomic E-state index is 0.109. The summed E-state index contributed by atoms with van der Waals surface area (Å²) in [7, 11) is -2.87. The molecule has 0 aromatic heterocycles. The fourth-order valence-corrected chi connectivity index (χ4v) is 4.93. The Morgan fingerprint density at radius 1 is 1.11 bits per heavy atom. The molecule has 1 saturated carbocycles. The summed E-state index contributed by atoms with van der Waals surface area (Å²) < 4.78 is 23.6. The highest BCUT2D eigenvalue weighted by atomic mass is 32.2. The topological polar surface area (TPSA) is 49.4 Å². The predicted octanol–water partition coefficient (Wildman–Crippen LogP) is 1.42. The van der Waals surface area contributed by atoms with Gasteiger partial charge in [-0.05, 0) is 51.7 Å². The molecule has 2 unspecified atom stereocenters. The van der Waals surface area contributed by atoms with E-state index < -0.39 is 9.84 Å². The van der Waals surface area contributed by atoms with Crippen LogP contribution in [0.5, 0.6) is 0 Å². The van der Waals surface area contributed by atoms with Crippen molar-refractivity contribution in [3.05, 3.63) is 0 Å². The zero-order valence-corrected chi connectivity index (χ0v) is 13.1. The van der Waals surface area contributed by atoms with Gasteiger partial charge in [-0.25, -0.2) is 8.42 Å². The molecule has 112 valence electrons. The van der Waals surface area contributed by atoms with Crippen LogP contribution in [-0.2, 0) is 9.84 Å². The van der Waals surface area contributed by atoms with E-state index >= 15 is 0 Å². The van der Waals surface area contributed by atoms with Crippen molar-refractivity contribution < 1.29 is 8.42 Å². The van der Waals surface area contributed by atoms with Crippen molar-refractivity contribution >= 4 is 9.84 Å². The predicted molar refractivity (Wildman–Crippen MR) is 79.2 cm³/mol. The van der Waals surface area contributed by atoms with Gasteiger partial charge in [-0.2, -0.15) is 0 Å². The molecule has 1 N–H and O–H groups in total. The summed E-state index contributed by atoms with van der Waals surface area (Å²) in [5.74, 6) is 0. The van der Waals surface area contributed by atoms with Crippen molar-refractivity contribution in [2.45, 2.75) is 62.8 Å². The van der Waals surface area contributed by atoms with Crippen LogP contribution in [0.3, 0.4) is 0 Å². The molecule has 1 saturated heterocycles. The first-order chi connectivity index (χ1) is 9.02. The minimum atomic E-state index is -2.87. The standard InChI is InChI=1S/C14H28N2O2S/c1-3-16(12-7-9-15-10-8-12)13-5-4-6-14(11-13)19(2,17)18/h12-15H,3-11H2,1-2H3. The molecule has 2 atom stereocenters. The highest BCUT2D eigenvalue weighted by Crippen LogP contribution is 2.29. The maximum absolute atomic E-state index is 11.8. The summed E-state index contributed by atoms with van der Waals surface area (Å²) in [5.41, 5.74) is 0. The van der Waals surface area contributed by atoms with E-state index in [1.807, 2.05) is 0 Å². The van der Waals surface area contributed by atoms with E-state index in [0.29, 0.717) is 12.1 Å². The largest absolute Gasteiger partial charge is 0.317 e. The molecule has 0 aromatic rings. The number of piperidine rings is 1. The molecule has 0 bridgehead atoms. The first-order valence-electron chi connectivity index (χ1n) is 7.67. The molecule has 0 spiro atoms. The highest BCUT2D eigenvalue weighted by Gasteiger charge is 2.34. The molecule has 1 aliphatic carbocycles. The van der Waals surface area contributed by atoms with Crippen molar-refractivity contribution in [2.75, 3.05) is 25.9 Å². The Kier molecular flexibility index (Phi) is 5.26. The second-order valence-corrected chi connectivity index (χ2v) is 8.41. The van der Waals surface area contributed by atoms with Crippen LogP contribution in [0.4, 0.5) is 0 Å². The van der Waals surface area contributed by atoms with Crippen molar-refractivity contribution in [2.24, 2.45) is 0 Å². The van der Waals surface area contributed by atoms with E-state index in [1.54, 1.807) is 0 Å². The molecule has 2 rings (SSSR count). The van der Waals surface area contributed by atoms with Crippen LogP contribution in [0.15, 0.2) is 0 Å². The third kappa shape index (κ3) is 3.92. The maximum atomic E-state index is 11.8. The number of nitrogens with one attached hydrogen (secondary N) is 1. The van der Waals surface area contributed by atoms with E-state index in [4.69, 9.17) is 0 Å². The van der Waals surface area contributed by atoms with E-state index in [9.17, 15) is 8.42 Å². The van der Waals surface area contributed by atoms with Crippen molar-refractivity contribution in [1.82, 2.24) is 10.2 Å². The Balaban J connectivity index is 2.01. The normalized spacial score (nSPS) is 30.7. The quantitative estimate of drug-likeness (QED) is 0.850. The average Bonchev–Trinajstić information content (AvgIpc) is 2.40. The number of nitrogens with zero attached hydrogens (tertiary/aromatic N) is 1. The van der Waals surface area contributed by atoms with Gasteiger partial charge in [0, 0.05) is 18.3 Å². The van der Waals surface area contributed by atoms with E-state index in [0.717, 1.165) is 38.9 Å². The Labute approximate surface area is 117 Å². The summed E-state index contributed by atoms with van der Waals surface area (Å²) in [5, 5.41) is 3.30. The molecule has 0 radical (unpaired) electrons. The molecule has 0 aromatic carbocycles. The van der Waals surface area contributed by atoms with Crippen LogP contribution in [0.1, 0.15) is 45.4 Å². The van der Waals surface area contributed by atoms with Crippen LogP contribution < -0.4 is 5.32 Å². The van der Waals surface area contributed by atoms with Gasteiger partial charge in [-0.3, -0.25) is 4.90 Å². The lowest BCUT2D eigenvalue weighted by atomic mass is 9.91. The number of hydrogen-bond acceptors (Lipinski definition) is 4. The van der Waals surface area contributed by atoms with E-state index in [1.165, 1.54) is 25.5 Å². The van der Waals surface area contributed by atoms with Gasteiger partial charge >= 0.3 is 0 Å². The van der Waals surface area contributed by atoms with Crippen molar-refractivity contribution in [1.29, 1.82) is 0 Å². The SMILES string of the molecule is CCN(C1CCNCC1)C1CCCC(S(C)(=O)=O)C1. The highest BCUT2D eigenvalue weighted by molar-refractivity contribution is 7.91. The van der Waals surface area contributed by atoms with Crippen LogP contribution >= 0.6 is 0 Å². The zero-order valence-electron chi connectivity index (χ0n) is 12.3. The Morgan fingerprint density at radius 3 is 2.37 bits per heavy atom. The van der Waals surface area contributed by atoms with Crippen molar-refractivity contribution in [3.63, 3.8) is 0 Å². The lowest BCUT2D eigenvalue weighted by Gasteiger charge is -2.42. The van der Waals surface area contributed by atoms with Gasteiger partial charge in [-0.1, -0.05) is 13.3 Å². The number of hydrogen-bond donors (Lipinski definition) is 1. The molecule has 0 amide bonds. The number of sulfone groups is 1. The first-order valence-corrected chi connectivity index (χ1v) is 9.63. The summed E-state index contributed by atoms with van der Waals surface area (Å²) in [6.07, 6.45) is 7.74. The zero-order chi connectivity index (χ0) is 13.9. The van der Waals surface area contributed by atoms with Gasteiger partial charge in [0.05, 0.1) is 5.25 Å². The number of rotatable bonds is 4. The summed E-state index contributed by atoms with van der Waals surface area (Å²) in [6.45, 7) is 5.46. The van der Waals surface area contributed by atoms with E-state index in [-0.39, 0.29) is 5.25 Å². The Bertz CT molecular complexity index is 377. The molecule has 2 fully saturated rings. The maximum Gasteiger partial charge on any atom is 0.150 e.